The van der Waals surface area contributed by atoms with E-state index in [2.05, 4.69) is 31.1 Å². The first-order chi connectivity index (χ1) is 6.29. The zero-order valence-electron chi connectivity index (χ0n) is 9.26. The first kappa shape index (κ1) is 11.2. The predicted molar refractivity (Wildman–Crippen MR) is 60.2 cm³/mol. The number of hydrogen-bond donors (Lipinski definition) is 1. The lowest BCUT2D eigenvalue weighted by Gasteiger charge is -2.19. The van der Waals surface area contributed by atoms with Crippen molar-refractivity contribution in [3.63, 3.8) is 0 Å². The lowest BCUT2D eigenvalue weighted by molar-refractivity contribution is 0.102. The molecule has 4 heteroatoms. The van der Waals surface area contributed by atoms with Crippen molar-refractivity contribution in [3.05, 3.63) is 10.6 Å². The van der Waals surface area contributed by atoms with Gasteiger partial charge >= 0.3 is 0 Å². The highest BCUT2D eigenvalue weighted by Crippen LogP contribution is 2.25. The van der Waals surface area contributed by atoms with Crippen molar-refractivity contribution in [2.75, 3.05) is 5.32 Å². The summed E-state index contributed by atoms with van der Waals surface area (Å²) >= 11 is 1.42. The second-order valence-electron chi connectivity index (χ2n) is 4.36. The van der Waals surface area contributed by atoms with E-state index < -0.39 is 0 Å². The zero-order chi connectivity index (χ0) is 10.9. The molecule has 0 saturated heterocycles. The maximum atomic E-state index is 11.2. The van der Waals surface area contributed by atoms with Gasteiger partial charge in [-0.25, -0.2) is 4.98 Å². The molecule has 78 valence electrons. The fourth-order valence-corrected chi connectivity index (χ4v) is 2.17. The number of anilines is 1. The molecule has 1 N–H and O–H groups in total. The van der Waals surface area contributed by atoms with Crippen molar-refractivity contribution in [1.82, 2.24) is 4.98 Å². The Hall–Kier alpha value is -0.900. The van der Waals surface area contributed by atoms with Crippen LogP contribution in [0.4, 0.5) is 5.13 Å². The number of nitrogens with zero attached hydrogens (tertiary/aromatic N) is 1. The van der Waals surface area contributed by atoms with E-state index in [0.717, 1.165) is 15.7 Å². The van der Waals surface area contributed by atoms with Crippen molar-refractivity contribution in [1.29, 1.82) is 0 Å². The molecule has 0 unspecified atom stereocenters. The van der Waals surface area contributed by atoms with E-state index in [1.807, 2.05) is 6.92 Å². The van der Waals surface area contributed by atoms with Crippen LogP contribution >= 0.6 is 11.3 Å². The molecule has 1 aromatic rings. The molecule has 1 rings (SSSR count). The van der Waals surface area contributed by atoms with Gasteiger partial charge in [0, 0.05) is 12.5 Å². The summed E-state index contributed by atoms with van der Waals surface area (Å²) in [6.45, 7) is 9.63. The SMILES string of the molecule is CC(=O)c1sc(NC(C)(C)C)nc1C. The Kier molecular flexibility index (Phi) is 2.95. The van der Waals surface area contributed by atoms with Crippen molar-refractivity contribution in [2.24, 2.45) is 0 Å². The topological polar surface area (TPSA) is 42.0 Å². The molecule has 1 heterocycles. The number of carbonyl (C=O) groups is 1. The molecule has 0 aromatic carbocycles. The predicted octanol–water partition coefficient (Wildman–Crippen LogP) is 2.86. The number of thiazole rings is 1. The van der Waals surface area contributed by atoms with Crippen molar-refractivity contribution in [3.8, 4) is 0 Å². The number of aromatic nitrogens is 1. The fourth-order valence-electron chi connectivity index (χ4n) is 1.10. The number of ketones is 1. The molecule has 0 saturated carbocycles. The van der Waals surface area contributed by atoms with Crippen LogP contribution in [-0.4, -0.2) is 16.3 Å². The van der Waals surface area contributed by atoms with Crippen LogP contribution in [0, 0.1) is 6.92 Å². The van der Waals surface area contributed by atoms with E-state index >= 15 is 0 Å². The molecule has 0 bridgehead atoms. The first-order valence-corrected chi connectivity index (χ1v) is 5.38. The van der Waals surface area contributed by atoms with Crippen molar-refractivity contribution < 1.29 is 4.79 Å². The summed E-state index contributed by atoms with van der Waals surface area (Å²) in [5.41, 5.74) is 0.799. The Morgan fingerprint density at radius 3 is 2.36 bits per heavy atom. The maximum absolute atomic E-state index is 11.2. The second-order valence-corrected chi connectivity index (χ2v) is 5.36. The summed E-state index contributed by atoms with van der Waals surface area (Å²) in [5, 5.41) is 4.07. The van der Waals surface area contributed by atoms with Crippen LogP contribution in [0.15, 0.2) is 0 Å². The highest BCUT2D eigenvalue weighted by atomic mass is 32.1. The van der Waals surface area contributed by atoms with Crippen LogP contribution in [0.1, 0.15) is 43.1 Å². The number of aryl methyl sites for hydroxylation is 1. The van der Waals surface area contributed by atoms with Crippen LogP contribution in [0.3, 0.4) is 0 Å². The smallest absolute Gasteiger partial charge is 0.183 e. The average Bonchev–Trinajstić information content (AvgIpc) is 2.26. The van der Waals surface area contributed by atoms with Crippen LogP contribution in [0.5, 0.6) is 0 Å². The molecule has 0 amide bonds. The van der Waals surface area contributed by atoms with Gasteiger partial charge < -0.3 is 5.32 Å². The molecule has 0 fully saturated rings. The van der Waals surface area contributed by atoms with Crippen LogP contribution < -0.4 is 5.32 Å². The van der Waals surface area contributed by atoms with Gasteiger partial charge in [-0.05, 0) is 27.7 Å². The molecule has 1 aromatic heterocycles. The Balaban J connectivity index is 2.92. The number of nitrogens with one attached hydrogen (secondary N) is 1. The van der Waals surface area contributed by atoms with Gasteiger partial charge in [0.1, 0.15) is 0 Å². The lowest BCUT2D eigenvalue weighted by atomic mass is 10.1. The van der Waals surface area contributed by atoms with Gasteiger partial charge in [0.25, 0.3) is 0 Å². The van der Waals surface area contributed by atoms with Gasteiger partial charge in [0.2, 0.25) is 0 Å². The van der Waals surface area contributed by atoms with Crippen LogP contribution in [-0.2, 0) is 0 Å². The van der Waals surface area contributed by atoms with Gasteiger partial charge in [0.05, 0.1) is 10.6 Å². The van der Waals surface area contributed by atoms with Crippen molar-refractivity contribution in [2.45, 2.75) is 40.2 Å². The third-order valence-corrected chi connectivity index (χ3v) is 2.77. The third-order valence-electron chi connectivity index (χ3n) is 1.60. The van der Waals surface area contributed by atoms with Crippen LogP contribution in [0.2, 0.25) is 0 Å². The van der Waals surface area contributed by atoms with E-state index in [-0.39, 0.29) is 11.3 Å². The molecule has 0 aliphatic rings. The van der Waals surface area contributed by atoms with Crippen LogP contribution in [0.25, 0.3) is 0 Å². The largest absolute Gasteiger partial charge is 0.357 e. The summed E-state index contributed by atoms with van der Waals surface area (Å²) < 4.78 is 0. The van der Waals surface area contributed by atoms with E-state index in [1.54, 1.807) is 6.92 Å². The monoisotopic (exact) mass is 212 g/mol. The van der Waals surface area contributed by atoms with Gasteiger partial charge in [-0.15, -0.1) is 0 Å². The maximum Gasteiger partial charge on any atom is 0.183 e. The molecular formula is C10H16N2OS. The standard InChI is InChI=1S/C10H16N2OS/c1-6-8(7(2)13)14-9(11-6)12-10(3,4)5/h1-5H3,(H,11,12). The number of rotatable bonds is 2. The minimum atomic E-state index is -0.0155. The number of Topliss-reactive ketones (excluding diaryl/α,β-unsaturated/α-hetero) is 1. The molecule has 0 spiro atoms. The van der Waals surface area contributed by atoms with Gasteiger partial charge in [-0.1, -0.05) is 11.3 Å². The quantitative estimate of drug-likeness (QED) is 0.766. The van der Waals surface area contributed by atoms with Gasteiger partial charge in [-0.2, -0.15) is 0 Å². The van der Waals surface area contributed by atoms with Gasteiger partial charge in [-0.3, -0.25) is 4.79 Å². The molecule has 0 aliphatic carbocycles. The molecule has 0 radical (unpaired) electrons. The van der Waals surface area contributed by atoms with Crippen molar-refractivity contribution >= 4 is 22.3 Å². The lowest BCUT2D eigenvalue weighted by Crippen LogP contribution is -2.25. The summed E-state index contributed by atoms with van der Waals surface area (Å²) in [6, 6.07) is 0. The second kappa shape index (κ2) is 3.69. The van der Waals surface area contributed by atoms with Gasteiger partial charge in [0.15, 0.2) is 10.9 Å². The molecule has 14 heavy (non-hydrogen) atoms. The molecule has 0 aliphatic heterocycles. The summed E-state index contributed by atoms with van der Waals surface area (Å²) in [7, 11) is 0. The van der Waals surface area contributed by atoms with E-state index in [0.29, 0.717) is 0 Å². The van der Waals surface area contributed by atoms with E-state index in [1.165, 1.54) is 11.3 Å². The summed E-state index contributed by atoms with van der Waals surface area (Å²) in [6.07, 6.45) is 0. The molecule has 3 nitrogen and oxygen atoms in total. The van der Waals surface area contributed by atoms with E-state index in [4.69, 9.17) is 0 Å². The molecule has 0 atom stereocenters. The Labute approximate surface area is 88.6 Å². The normalized spacial score (nSPS) is 11.5. The Bertz CT molecular complexity index is 349. The average molecular weight is 212 g/mol. The first-order valence-electron chi connectivity index (χ1n) is 4.56. The highest BCUT2D eigenvalue weighted by Gasteiger charge is 2.15. The highest BCUT2D eigenvalue weighted by molar-refractivity contribution is 7.17. The number of hydrogen-bond acceptors (Lipinski definition) is 4. The Morgan fingerprint density at radius 1 is 1.43 bits per heavy atom. The Morgan fingerprint density at radius 2 is 2.00 bits per heavy atom. The van der Waals surface area contributed by atoms with E-state index in [9.17, 15) is 4.79 Å². The summed E-state index contributed by atoms with van der Waals surface area (Å²) in [5.74, 6) is 0.0851. The third kappa shape index (κ3) is 2.80. The minimum Gasteiger partial charge on any atom is -0.357 e. The zero-order valence-corrected chi connectivity index (χ0v) is 10.1. The fraction of sp³-hybridized carbons (Fsp3) is 0.600. The number of carbonyl (C=O) groups excluding carboxylic acids is 1. The summed E-state index contributed by atoms with van der Waals surface area (Å²) in [4.78, 5) is 16.2. The minimum absolute atomic E-state index is 0.0155. The molecular weight excluding hydrogens is 196 g/mol.